The van der Waals surface area contributed by atoms with Gasteiger partial charge in [-0.1, -0.05) is 41.9 Å². The summed E-state index contributed by atoms with van der Waals surface area (Å²) in [6, 6.07) is 9.64. The second-order valence-electron chi connectivity index (χ2n) is 2.82. The molecular formula is C10H8ClN3. The van der Waals surface area contributed by atoms with Crippen LogP contribution in [0.3, 0.4) is 0 Å². The summed E-state index contributed by atoms with van der Waals surface area (Å²) in [4.78, 5) is 0. The lowest BCUT2D eigenvalue weighted by Gasteiger charge is -2.05. The van der Waals surface area contributed by atoms with E-state index in [1.54, 1.807) is 0 Å². The molecule has 2 rings (SSSR count). The Morgan fingerprint density at radius 3 is 2.50 bits per heavy atom. The molecule has 2 N–H and O–H groups in total. The third kappa shape index (κ3) is 1.54. The molecule has 0 radical (unpaired) electrons. The highest BCUT2D eigenvalue weighted by Gasteiger charge is 2.08. The Hall–Kier alpha value is -1.61. The molecule has 0 aliphatic rings. The molecule has 0 aliphatic carbocycles. The molecule has 1 aromatic heterocycles. The van der Waals surface area contributed by atoms with Gasteiger partial charge in [-0.3, -0.25) is 0 Å². The van der Waals surface area contributed by atoms with Gasteiger partial charge in [0, 0.05) is 5.56 Å². The van der Waals surface area contributed by atoms with E-state index in [9.17, 15) is 0 Å². The van der Waals surface area contributed by atoms with Crippen LogP contribution < -0.4 is 5.73 Å². The number of nitrogen functional groups attached to an aromatic ring is 1. The Bertz CT molecular complexity index is 422. The van der Waals surface area contributed by atoms with E-state index in [2.05, 4.69) is 10.2 Å². The van der Waals surface area contributed by atoms with Gasteiger partial charge in [-0.25, -0.2) is 0 Å². The summed E-state index contributed by atoms with van der Waals surface area (Å²) >= 11 is 5.98. The Labute approximate surface area is 86.5 Å². The summed E-state index contributed by atoms with van der Waals surface area (Å²) in [7, 11) is 0. The SMILES string of the molecule is Nc1nncc(Cl)c1-c1ccccc1. The summed E-state index contributed by atoms with van der Waals surface area (Å²) in [5.74, 6) is 0.351. The van der Waals surface area contributed by atoms with Gasteiger partial charge in [-0.05, 0) is 5.56 Å². The Morgan fingerprint density at radius 1 is 1.14 bits per heavy atom. The highest BCUT2D eigenvalue weighted by atomic mass is 35.5. The molecule has 0 unspecified atom stereocenters. The maximum atomic E-state index is 5.98. The Morgan fingerprint density at radius 2 is 1.86 bits per heavy atom. The number of aromatic nitrogens is 2. The van der Waals surface area contributed by atoms with Gasteiger partial charge < -0.3 is 5.73 Å². The fourth-order valence-electron chi connectivity index (χ4n) is 1.27. The molecule has 4 heteroatoms. The second-order valence-corrected chi connectivity index (χ2v) is 3.23. The van der Waals surface area contributed by atoms with E-state index in [-0.39, 0.29) is 0 Å². The molecular weight excluding hydrogens is 198 g/mol. The largest absolute Gasteiger partial charge is 0.382 e. The van der Waals surface area contributed by atoms with Crippen molar-refractivity contribution in [3.63, 3.8) is 0 Å². The highest BCUT2D eigenvalue weighted by Crippen LogP contribution is 2.30. The van der Waals surface area contributed by atoms with Crippen LogP contribution in [-0.2, 0) is 0 Å². The summed E-state index contributed by atoms with van der Waals surface area (Å²) < 4.78 is 0. The molecule has 0 saturated heterocycles. The zero-order valence-corrected chi connectivity index (χ0v) is 8.07. The molecule has 0 atom stereocenters. The van der Waals surface area contributed by atoms with Crippen molar-refractivity contribution in [3.05, 3.63) is 41.6 Å². The van der Waals surface area contributed by atoms with Crippen molar-refractivity contribution < 1.29 is 0 Å². The summed E-state index contributed by atoms with van der Waals surface area (Å²) in [5.41, 5.74) is 7.38. The molecule has 0 aliphatic heterocycles. The molecule has 0 spiro atoms. The van der Waals surface area contributed by atoms with Gasteiger partial charge >= 0.3 is 0 Å². The van der Waals surface area contributed by atoms with Crippen LogP contribution in [0.1, 0.15) is 0 Å². The van der Waals surface area contributed by atoms with Gasteiger partial charge in [-0.2, -0.15) is 5.10 Å². The highest BCUT2D eigenvalue weighted by molar-refractivity contribution is 6.33. The maximum Gasteiger partial charge on any atom is 0.155 e. The molecule has 1 aromatic carbocycles. The van der Waals surface area contributed by atoms with Crippen LogP contribution in [0.25, 0.3) is 11.1 Å². The lowest BCUT2D eigenvalue weighted by molar-refractivity contribution is 1.04. The number of rotatable bonds is 1. The first-order chi connectivity index (χ1) is 6.79. The lowest BCUT2D eigenvalue weighted by Crippen LogP contribution is -1.96. The van der Waals surface area contributed by atoms with Crippen LogP contribution in [0, 0.1) is 0 Å². The number of benzene rings is 1. The van der Waals surface area contributed by atoms with Crippen LogP contribution in [0.5, 0.6) is 0 Å². The molecule has 1 heterocycles. The minimum Gasteiger partial charge on any atom is -0.382 e. The zero-order chi connectivity index (χ0) is 9.97. The molecule has 0 saturated carbocycles. The summed E-state index contributed by atoms with van der Waals surface area (Å²) in [6.45, 7) is 0. The fourth-order valence-corrected chi connectivity index (χ4v) is 1.52. The van der Waals surface area contributed by atoms with E-state index in [4.69, 9.17) is 17.3 Å². The zero-order valence-electron chi connectivity index (χ0n) is 7.31. The van der Waals surface area contributed by atoms with Gasteiger partial charge in [0.2, 0.25) is 0 Å². The first-order valence-corrected chi connectivity index (χ1v) is 4.49. The van der Waals surface area contributed by atoms with Crippen molar-refractivity contribution >= 4 is 17.4 Å². The molecule has 0 bridgehead atoms. The maximum absolute atomic E-state index is 5.98. The normalized spacial score (nSPS) is 10.1. The van der Waals surface area contributed by atoms with Crippen LogP contribution in [0.2, 0.25) is 5.02 Å². The standard InChI is InChI=1S/C10H8ClN3/c11-8-6-13-14-10(12)9(8)7-4-2-1-3-5-7/h1-6H,(H2,12,14). The van der Waals surface area contributed by atoms with Gasteiger partial charge in [0.25, 0.3) is 0 Å². The third-order valence-corrected chi connectivity index (χ3v) is 2.18. The van der Waals surface area contributed by atoms with E-state index in [0.29, 0.717) is 10.8 Å². The van der Waals surface area contributed by atoms with Crippen LogP contribution in [-0.4, -0.2) is 10.2 Å². The smallest absolute Gasteiger partial charge is 0.155 e. The molecule has 2 aromatic rings. The quantitative estimate of drug-likeness (QED) is 0.778. The van der Waals surface area contributed by atoms with E-state index in [0.717, 1.165) is 11.1 Å². The lowest BCUT2D eigenvalue weighted by atomic mass is 10.1. The van der Waals surface area contributed by atoms with Crippen molar-refractivity contribution in [2.24, 2.45) is 0 Å². The van der Waals surface area contributed by atoms with Crippen LogP contribution >= 0.6 is 11.6 Å². The summed E-state index contributed by atoms with van der Waals surface area (Å²) in [6.07, 6.45) is 1.49. The molecule has 0 fully saturated rings. The predicted molar refractivity (Wildman–Crippen MR) is 56.9 cm³/mol. The van der Waals surface area contributed by atoms with Crippen LogP contribution in [0.15, 0.2) is 36.5 Å². The van der Waals surface area contributed by atoms with Crippen molar-refractivity contribution in [1.29, 1.82) is 0 Å². The topological polar surface area (TPSA) is 51.8 Å². The van der Waals surface area contributed by atoms with Crippen molar-refractivity contribution in [1.82, 2.24) is 10.2 Å². The Kier molecular flexibility index (Phi) is 2.33. The average molecular weight is 206 g/mol. The monoisotopic (exact) mass is 205 g/mol. The van der Waals surface area contributed by atoms with Crippen molar-refractivity contribution in [3.8, 4) is 11.1 Å². The van der Waals surface area contributed by atoms with Crippen molar-refractivity contribution in [2.45, 2.75) is 0 Å². The predicted octanol–water partition coefficient (Wildman–Crippen LogP) is 2.38. The number of nitrogens with zero attached hydrogens (tertiary/aromatic N) is 2. The molecule has 0 amide bonds. The number of nitrogens with two attached hydrogens (primary N) is 1. The number of hydrogen-bond acceptors (Lipinski definition) is 3. The van der Waals surface area contributed by atoms with E-state index in [1.165, 1.54) is 6.20 Å². The molecule has 70 valence electrons. The summed E-state index contributed by atoms with van der Waals surface area (Å²) in [5, 5.41) is 7.94. The Balaban J connectivity index is 2.63. The van der Waals surface area contributed by atoms with Gasteiger partial charge in [-0.15, -0.1) is 5.10 Å². The van der Waals surface area contributed by atoms with E-state index >= 15 is 0 Å². The first kappa shape index (κ1) is 8.97. The van der Waals surface area contributed by atoms with Gasteiger partial charge in [0.05, 0.1) is 11.2 Å². The number of halogens is 1. The van der Waals surface area contributed by atoms with Gasteiger partial charge in [0.1, 0.15) is 0 Å². The third-order valence-electron chi connectivity index (χ3n) is 1.89. The van der Waals surface area contributed by atoms with Gasteiger partial charge in [0.15, 0.2) is 5.82 Å². The second kappa shape index (κ2) is 3.64. The number of hydrogen-bond donors (Lipinski definition) is 1. The minimum atomic E-state index is 0.351. The van der Waals surface area contributed by atoms with E-state index < -0.39 is 0 Å². The molecule has 3 nitrogen and oxygen atoms in total. The molecule has 14 heavy (non-hydrogen) atoms. The fraction of sp³-hybridized carbons (Fsp3) is 0. The van der Waals surface area contributed by atoms with Crippen LogP contribution in [0.4, 0.5) is 5.82 Å². The minimum absolute atomic E-state index is 0.351. The first-order valence-electron chi connectivity index (χ1n) is 4.11. The number of anilines is 1. The van der Waals surface area contributed by atoms with E-state index in [1.807, 2.05) is 30.3 Å². The average Bonchev–Trinajstić information content (AvgIpc) is 2.19. The van der Waals surface area contributed by atoms with Crippen molar-refractivity contribution in [2.75, 3.05) is 5.73 Å².